The summed E-state index contributed by atoms with van der Waals surface area (Å²) in [6, 6.07) is 12.4. The van der Waals surface area contributed by atoms with Gasteiger partial charge >= 0.3 is 0 Å². The number of anilines is 1. The van der Waals surface area contributed by atoms with Gasteiger partial charge in [-0.05, 0) is 42.0 Å². The molecule has 1 fully saturated rings. The van der Waals surface area contributed by atoms with Crippen molar-refractivity contribution in [1.29, 1.82) is 0 Å². The Morgan fingerprint density at radius 3 is 2.37 bits per heavy atom. The van der Waals surface area contributed by atoms with E-state index in [1.807, 2.05) is 17.0 Å². The van der Waals surface area contributed by atoms with Crippen LogP contribution in [-0.4, -0.2) is 49.5 Å². The number of hydrogen-bond acceptors (Lipinski definition) is 4. The molecule has 0 bridgehead atoms. The molecule has 1 aliphatic heterocycles. The fraction of sp³-hybridized carbons (Fsp3) is 0.300. The molecule has 2 aromatic rings. The zero-order chi connectivity index (χ0) is 19.4. The Balaban J connectivity index is 1.76. The minimum Gasteiger partial charge on any atom is -0.380 e. The number of primary amides is 1. The predicted molar refractivity (Wildman–Crippen MR) is 99.8 cm³/mol. The van der Waals surface area contributed by atoms with E-state index in [1.165, 1.54) is 17.0 Å². The summed E-state index contributed by atoms with van der Waals surface area (Å²) >= 11 is 0. The molecule has 0 aromatic heterocycles. The molecule has 1 heterocycles. The zero-order valence-electron chi connectivity index (χ0n) is 15.1. The lowest BCUT2D eigenvalue weighted by molar-refractivity contribution is -0.122. The van der Waals surface area contributed by atoms with E-state index in [4.69, 9.17) is 10.5 Å². The number of benzene rings is 2. The van der Waals surface area contributed by atoms with Crippen LogP contribution in [0, 0.1) is 5.82 Å². The van der Waals surface area contributed by atoms with Gasteiger partial charge in [0.25, 0.3) is 5.91 Å². The van der Waals surface area contributed by atoms with Gasteiger partial charge in [-0.1, -0.05) is 12.1 Å². The molecule has 2 amide bonds. The van der Waals surface area contributed by atoms with Gasteiger partial charge in [-0.25, -0.2) is 4.39 Å². The van der Waals surface area contributed by atoms with Crippen molar-refractivity contribution in [3.05, 3.63) is 65.5 Å². The third-order valence-electron chi connectivity index (χ3n) is 4.67. The average molecular weight is 371 g/mol. The molecule has 1 saturated heterocycles. The van der Waals surface area contributed by atoms with Crippen molar-refractivity contribution in [2.45, 2.75) is 12.6 Å². The van der Waals surface area contributed by atoms with Gasteiger partial charge in [0.15, 0.2) is 0 Å². The first-order valence-corrected chi connectivity index (χ1v) is 8.68. The minimum absolute atomic E-state index is 0.235. The van der Waals surface area contributed by atoms with Gasteiger partial charge in [-0.15, -0.1) is 0 Å². The maximum Gasteiger partial charge on any atom is 0.254 e. The first kappa shape index (κ1) is 18.8. The van der Waals surface area contributed by atoms with Crippen molar-refractivity contribution < 1.29 is 18.7 Å². The van der Waals surface area contributed by atoms with E-state index in [1.54, 1.807) is 31.4 Å². The number of halogens is 1. The number of nitrogens with zero attached hydrogens (tertiary/aromatic N) is 2. The zero-order valence-corrected chi connectivity index (χ0v) is 15.1. The number of amides is 2. The van der Waals surface area contributed by atoms with Gasteiger partial charge in [0, 0.05) is 38.0 Å². The summed E-state index contributed by atoms with van der Waals surface area (Å²) < 4.78 is 18.2. The first-order valence-electron chi connectivity index (χ1n) is 8.68. The van der Waals surface area contributed by atoms with E-state index in [0.717, 1.165) is 11.3 Å². The van der Waals surface area contributed by atoms with Crippen LogP contribution >= 0.6 is 0 Å². The van der Waals surface area contributed by atoms with Crippen LogP contribution in [0.5, 0.6) is 0 Å². The molecular weight excluding hydrogens is 349 g/mol. The van der Waals surface area contributed by atoms with Crippen LogP contribution in [0.25, 0.3) is 0 Å². The fourth-order valence-electron chi connectivity index (χ4n) is 3.23. The van der Waals surface area contributed by atoms with Crippen LogP contribution in [0.4, 0.5) is 10.1 Å². The van der Waals surface area contributed by atoms with E-state index in [0.29, 0.717) is 25.3 Å². The summed E-state index contributed by atoms with van der Waals surface area (Å²) in [7, 11) is 1.61. The quantitative estimate of drug-likeness (QED) is 0.869. The first-order chi connectivity index (χ1) is 13.0. The fourth-order valence-corrected chi connectivity index (χ4v) is 3.23. The Labute approximate surface area is 157 Å². The molecule has 7 heteroatoms. The molecule has 2 N–H and O–H groups in total. The van der Waals surface area contributed by atoms with E-state index >= 15 is 0 Å². The monoisotopic (exact) mass is 371 g/mol. The molecule has 2 aromatic carbocycles. The molecule has 1 aliphatic rings. The maximum atomic E-state index is 13.1. The highest BCUT2D eigenvalue weighted by Crippen LogP contribution is 2.21. The van der Waals surface area contributed by atoms with Crippen LogP contribution in [0.1, 0.15) is 15.9 Å². The SMILES string of the molecule is COCc1ccc(C(=O)N2CCN(c3ccc(F)cc3)CC2C(N)=O)cc1. The average Bonchev–Trinajstić information content (AvgIpc) is 2.68. The normalized spacial score (nSPS) is 17.0. The Bertz CT molecular complexity index is 808. The van der Waals surface area contributed by atoms with E-state index in [9.17, 15) is 14.0 Å². The van der Waals surface area contributed by atoms with Crippen LogP contribution in [-0.2, 0) is 16.1 Å². The van der Waals surface area contributed by atoms with Crippen molar-refractivity contribution in [3.63, 3.8) is 0 Å². The summed E-state index contributed by atoms with van der Waals surface area (Å²) in [5.41, 5.74) is 7.81. The summed E-state index contributed by atoms with van der Waals surface area (Å²) in [6.07, 6.45) is 0. The Hall–Kier alpha value is -2.93. The predicted octanol–water partition coefficient (Wildman–Crippen LogP) is 1.79. The van der Waals surface area contributed by atoms with Crippen LogP contribution in [0.15, 0.2) is 48.5 Å². The number of ether oxygens (including phenoxy) is 1. The number of methoxy groups -OCH3 is 1. The van der Waals surface area contributed by atoms with E-state index in [-0.39, 0.29) is 18.3 Å². The number of nitrogens with two attached hydrogens (primary N) is 1. The van der Waals surface area contributed by atoms with Crippen LogP contribution < -0.4 is 10.6 Å². The molecular formula is C20H22FN3O3. The highest BCUT2D eigenvalue weighted by Gasteiger charge is 2.34. The number of carbonyl (C=O) groups is 2. The molecule has 6 nitrogen and oxygen atoms in total. The lowest BCUT2D eigenvalue weighted by Crippen LogP contribution is -2.60. The Morgan fingerprint density at radius 2 is 1.78 bits per heavy atom. The molecule has 0 aliphatic carbocycles. The second kappa shape index (κ2) is 8.18. The molecule has 0 spiro atoms. The molecule has 0 radical (unpaired) electrons. The molecule has 142 valence electrons. The highest BCUT2D eigenvalue weighted by molar-refractivity contribution is 5.97. The maximum absolute atomic E-state index is 13.1. The largest absolute Gasteiger partial charge is 0.380 e. The summed E-state index contributed by atoms with van der Waals surface area (Å²) in [5.74, 6) is -1.12. The van der Waals surface area contributed by atoms with Crippen molar-refractivity contribution in [2.75, 3.05) is 31.6 Å². The summed E-state index contributed by atoms with van der Waals surface area (Å²) in [5, 5.41) is 0. The third kappa shape index (κ3) is 4.25. The number of piperazine rings is 1. The summed E-state index contributed by atoms with van der Waals surface area (Å²) in [4.78, 5) is 28.3. The smallest absolute Gasteiger partial charge is 0.254 e. The molecule has 0 saturated carbocycles. The molecule has 1 unspecified atom stereocenters. The minimum atomic E-state index is -0.755. The van der Waals surface area contributed by atoms with Gasteiger partial charge in [0.05, 0.1) is 6.61 Å². The number of rotatable bonds is 5. The second-order valence-corrected chi connectivity index (χ2v) is 6.47. The van der Waals surface area contributed by atoms with E-state index in [2.05, 4.69) is 0 Å². The Kier molecular flexibility index (Phi) is 5.71. The van der Waals surface area contributed by atoms with Crippen molar-refractivity contribution in [1.82, 2.24) is 4.90 Å². The summed E-state index contributed by atoms with van der Waals surface area (Å²) in [6.45, 7) is 1.62. The molecule has 1 atom stereocenters. The van der Waals surface area contributed by atoms with Crippen molar-refractivity contribution in [2.24, 2.45) is 5.73 Å². The molecule has 3 rings (SSSR count). The van der Waals surface area contributed by atoms with Crippen molar-refractivity contribution in [3.8, 4) is 0 Å². The Morgan fingerprint density at radius 1 is 1.11 bits per heavy atom. The van der Waals surface area contributed by atoms with Gasteiger partial charge < -0.3 is 20.3 Å². The van der Waals surface area contributed by atoms with Gasteiger partial charge in [-0.2, -0.15) is 0 Å². The topological polar surface area (TPSA) is 75.9 Å². The van der Waals surface area contributed by atoms with Gasteiger partial charge in [0.2, 0.25) is 5.91 Å². The lowest BCUT2D eigenvalue weighted by Gasteiger charge is -2.41. The standard InChI is InChI=1S/C20H22FN3O3/c1-27-13-14-2-4-15(5-3-14)20(26)24-11-10-23(12-18(24)19(22)25)17-8-6-16(21)7-9-17/h2-9,18H,10-13H2,1H3,(H2,22,25). The van der Waals surface area contributed by atoms with E-state index < -0.39 is 11.9 Å². The lowest BCUT2D eigenvalue weighted by atomic mass is 10.1. The van der Waals surface area contributed by atoms with Gasteiger partial charge in [-0.3, -0.25) is 9.59 Å². The third-order valence-corrected chi connectivity index (χ3v) is 4.67. The number of carbonyl (C=O) groups excluding carboxylic acids is 2. The van der Waals surface area contributed by atoms with Crippen LogP contribution in [0.3, 0.4) is 0 Å². The second-order valence-electron chi connectivity index (χ2n) is 6.47. The highest BCUT2D eigenvalue weighted by atomic mass is 19.1. The molecule has 27 heavy (non-hydrogen) atoms. The van der Waals surface area contributed by atoms with Crippen molar-refractivity contribution >= 4 is 17.5 Å². The van der Waals surface area contributed by atoms with Gasteiger partial charge in [0.1, 0.15) is 11.9 Å². The number of hydrogen-bond donors (Lipinski definition) is 1. The van der Waals surface area contributed by atoms with Crippen LogP contribution in [0.2, 0.25) is 0 Å².